The van der Waals surface area contributed by atoms with Gasteiger partial charge in [0.05, 0.1) is 9.99 Å². The third-order valence-corrected chi connectivity index (χ3v) is 4.05. The fourth-order valence-corrected chi connectivity index (χ4v) is 2.81. The number of anilines is 1. The minimum Gasteiger partial charge on any atom is -0.372 e. The number of fused-ring (bicyclic) bond motifs is 1. The Morgan fingerprint density at radius 1 is 1.05 bits per heavy atom. The van der Waals surface area contributed by atoms with Crippen LogP contribution in [-0.2, 0) is 0 Å². The zero-order chi connectivity index (χ0) is 14.1. The number of hydrogen-bond acceptors (Lipinski definition) is 4. The van der Waals surface area contributed by atoms with Gasteiger partial charge >= 0.3 is 0 Å². The Kier molecular flexibility index (Phi) is 3.67. The SMILES string of the molecule is CNc1nc(-c2nc3ccccc3cc2Br)ncc1Br. The molecule has 0 radical (unpaired) electrons. The highest BCUT2D eigenvalue weighted by Gasteiger charge is 2.12. The number of nitrogens with one attached hydrogen (secondary N) is 1. The van der Waals surface area contributed by atoms with Crippen LogP contribution in [0.2, 0.25) is 0 Å². The van der Waals surface area contributed by atoms with E-state index in [0.717, 1.165) is 31.4 Å². The van der Waals surface area contributed by atoms with Gasteiger partial charge < -0.3 is 5.32 Å². The molecule has 1 aromatic carbocycles. The summed E-state index contributed by atoms with van der Waals surface area (Å²) >= 11 is 6.95. The van der Waals surface area contributed by atoms with Gasteiger partial charge in [0.1, 0.15) is 11.5 Å². The third-order valence-electron chi connectivity index (χ3n) is 2.87. The molecule has 0 amide bonds. The van der Waals surface area contributed by atoms with Crippen LogP contribution in [0.4, 0.5) is 5.82 Å². The number of nitrogens with zero attached hydrogens (tertiary/aromatic N) is 3. The molecule has 4 nitrogen and oxygen atoms in total. The Hall–Kier alpha value is -1.53. The monoisotopic (exact) mass is 392 g/mol. The summed E-state index contributed by atoms with van der Waals surface area (Å²) in [7, 11) is 1.82. The van der Waals surface area contributed by atoms with Gasteiger partial charge in [-0.25, -0.2) is 15.0 Å². The summed E-state index contributed by atoms with van der Waals surface area (Å²) in [5.41, 5.74) is 1.65. The van der Waals surface area contributed by atoms with Crippen LogP contribution < -0.4 is 5.32 Å². The van der Waals surface area contributed by atoms with Crippen molar-refractivity contribution in [3.8, 4) is 11.5 Å². The van der Waals surface area contributed by atoms with Crippen LogP contribution in [0.3, 0.4) is 0 Å². The molecule has 0 unspecified atom stereocenters. The molecule has 0 aliphatic rings. The summed E-state index contributed by atoms with van der Waals surface area (Å²) in [6.45, 7) is 0. The minimum atomic E-state index is 0.579. The molecule has 0 saturated carbocycles. The summed E-state index contributed by atoms with van der Waals surface area (Å²) in [6.07, 6.45) is 1.72. The number of para-hydroxylation sites is 1. The highest BCUT2D eigenvalue weighted by Crippen LogP contribution is 2.29. The first-order valence-corrected chi connectivity index (χ1v) is 7.53. The molecule has 6 heteroatoms. The number of halogens is 2. The highest BCUT2D eigenvalue weighted by molar-refractivity contribution is 9.11. The van der Waals surface area contributed by atoms with Gasteiger partial charge in [-0.05, 0) is 44.0 Å². The quantitative estimate of drug-likeness (QED) is 0.706. The van der Waals surface area contributed by atoms with Crippen molar-refractivity contribution in [1.82, 2.24) is 15.0 Å². The summed E-state index contributed by atoms with van der Waals surface area (Å²) in [6, 6.07) is 9.99. The molecule has 100 valence electrons. The molecule has 0 aliphatic heterocycles. The zero-order valence-corrected chi connectivity index (χ0v) is 13.7. The van der Waals surface area contributed by atoms with E-state index in [0.29, 0.717) is 5.82 Å². The molecule has 0 fully saturated rings. The number of pyridine rings is 1. The Labute approximate surface area is 132 Å². The van der Waals surface area contributed by atoms with Crippen LogP contribution in [0.25, 0.3) is 22.4 Å². The van der Waals surface area contributed by atoms with Crippen molar-refractivity contribution in [2.24, 2.45) is 0 Å². The van der Waals surface area contributed by atoms with Gasteiger partial charge in [0.25, 0.3) is 0 Å². The molecular weight excluding hydrogens is 384 g/mol. The fraction of sp³-hybridized carbons (Fsp3) is 0.0714. The molecule has 1 N–H and O–H groups in total. The van der Waals surface area contributed by atoms with Crippen LogP contribution in [-0.4, -0.2) is 22.0 Å². The Morgan fingerprint density at radius 2 is 1.85 bits per heavy atom. The van der Waals surface area contributed by atoms with Crippen molar-refractivity contribution in [1.29, 1.82) is 0 Å². The average Bonchev–Trinajstić information content (AvgIpc) is 2.47. The third kappa shape index (κ3) is 2.41. The second kappa shape index (κ2) is 5.46. The van der Waals surface area contributed by atoms with Crippen LogP contribution in [0.15, 0.2) is 45.5 Å². The van der Waals surface area contributed by atoms with E-state index in [1.165, 1.54) is 0 Å². The van der Waals surface area contributed by atoms with Crippen molar-refractivity contribution in [2.45, 2.75) is 0 Å². The minimum absolute atomic E-state index is 0.579. The van der Waals surface area contributed by atoms with Gasteiger partial charge in [-0.3, -0.25) is 0 Å². The van der Waals surface area contributed by atoms with Crippen LogP contribution in [0.1, 0.15) is 0 Å². The van der Waals surface area contributed by atoms with Gasteiger partial charge in [0, 0.05) is 23.1 Å². The predicted molar refractivity (Wildman–Crippen MR) is 87.7 cm³/mol. The van der Waals surface area contributed by atoms with Crippen LogP contribution in [0, 0.1) is 0 Å². The topological polar surface area (TPSA) is 50.7 Å². The Balaban J connectivity index is 2.21. The lowest BCUT2D eigenvalue weighted by Crippen LogP contribution is -1.99. The Bertz CT molecular complexity index is 789. The number of hydrogen-bond donors (Lipinski definition) is 1. The van der Waals surface area contributed by atoms with E-state index >= 15 is 0 Å². The van der Waals surface area contributed by atoms with Gasteiger partial charge in [0.2, 0.25) is 0 Å². The predicted octanol–water partition coefficient (Wildman–Crippen LogP) is 4.26. The molecule has 0 bridgehead atoms. The first kappa shape index (κ1) is 13.5. The summed E-state index contributed by atoms with van der Waals surface area (Å²) in [5, 5.41) is 4.10. The van der Waals surface area contributed by atoms with Crippen molar-refractivity contribution in [3.05, 3.63) is 45.5 Å². The lowest BCUT2D eigenvalue weighted by Gasteiger charge is -2.07. The maximum atomic E-state index is 4.64. The largest absolute Gasteiger partial charge is 0.372 e. The van der Waals surface area contributed by atoms with Crippen molar-refractivity contribution >= 4 is 48.6 Å². The van der Waals surface area contributed by atoms with Crippen LogP contribution >= 0.6 is 31.9 Å². The molecule has 0 saturated heterocycles. The molecule has 0 spiro atoms. The zero-order valence-electron chi connectivity index (χ0n) is 10.6. The van der Waals surface area contributed by atoms with Crippen molar-refractivity contribution in [2.75, 3.05) is 12.4 Å². The second-order valence-electron chi connectivity index (χ2n) is 4.15. The van der Waals surface area contributed by atoms with E-state index in [1.807, 2.05) is 37.4 Å². The molecule has 2 aromatic heterocycles. The molecule has 3 aromatic rings. The first-order chi connectivity index (χ1) is 9.69. The maximum Gasteiger partial charge on any atom is 0.181 e. The summed E-state index contributed by atoms with van der Waals surface area (Å²) in [4.78, 5) is 13.4. The van der Waals surface area contributed by atoms with E-state index in [1.54, 1.807) is 6.20 Å². The Morgan fingerprint density at radius 3 is 2.65 bits per heavy atom. The van der Waals surface area contributed by atoms with Crippen molar-refractivity contribution < 1.29 is 0 Å². The lowest BCUT2D eigenvalue weighted by molar-refractivity contribution is 1.13. The molecule has 3 rings (SSSR count). The van der Waals surface area contributed by atoms with E-state index in [9.17, 15) is 0 Å². The summed E-state index contributed by atoms with van der Waals surface area (Å²) < 4.78 is 1.70. The van der Waals surface area contributed by atoms with E-state index < -0.39 is 0 Å². The van der Waals surface area contributed by atoms with E-state index in [4.69, 9.17) is 0 Å². The normalized spacial score (nSPS) is 10.8. The second-order valence-corrected chi connectivity index (χ2v) is 5.86. The van der Waals surface area contributed by atoms with E-state index in [2.05, 4.69) is 52.1 Å². The number of benzene rings is 1. The highest BCUT2D eigenvalue weighted by atomic mass is 79.9. The van der Waals surface area contributed by atoms with Crippen molar-refractivity contribution in [3.63, 3.8) is 0 Å². The van der Waals surface area contributed by atoms with Gasteiger partial charge in [0.15, 0.2) is 5.82 Å². The molecule has 2 heterocycles. The molecule has 20 heavy (non-hydrogen) atoms. The first-order valence-electron chi connectivity index (χ1n) is 5.95. The molecule has 0 atom stereocenters. The molecule has 0 aliphatic carbocycles. The fourth-order valence-electron chi connectivity index (χ4n) is 1.90. The summed E-state index contributed by atoms with van der Waals surface area (Å²) in [5.74, 6) is 1.31. The van der Waals surface area contributed by atoms with Gasteiger partial charge in [-0.2, -0.15) is 0 Å². The van der Waals surface area contributed by atoms with Gasteiger partial charge in [-0.1, -0.05) is 18.2 Å². The lowest BCUT2D eigenvalue weighted by atomic mass is 10.2. The maximum absolute atomic E-state index is 4.64. The van der Waals surface area contributed by atoms with Crippen LogP contribution in [0.5, 0.6) is 0 Å². The average molecular weight is 394 g/mol. The number of aromatic nitrogens is 3. The molecular formula is C14H10Br2N4. The standard InChI is InChI=1S/C14H10Br2N4/c1-17-13-10(16)7-18-14(20-13)12-9(15)6-8-4-2-3-5-11(8)19-12/h2-7H,1H3,(H,17,18,20). The van der Waals surface area contributed by atoms with E-state index in [-0.39, 0.29) is 0 Å². The smallest absolute Gasteiger partial charge is 0.181 e. The van der Waals surface area contributed by atoms with Gasteiger partial charge in [-0.15, -0.1) is 0 Å². The number of rotatable bonds is 2.